The van der Waals surface area contributed by atoms with E-state index in [2.05, 4.69) is 10.3 Å². The number of carbonyl (C=O) groups is 2. The minimum absolute atomic E-state index is 0.194. The van der Waals surface area contributed by atoms with Crippen LogP contribution in [0.15, 0.2) is 84.9 Å². The molecular weight excluding hydrogens is 424 g/mol. The van der Waals surface area contributed by atoms with E-state index in [0.29, 0.717) is 27.2 Å². The van der Waals surface area contributed by atoms with Gasteiger partial charge in [-0.15, -0.1) is 0 Å². The maximum atomic E-state index is 12.9. The number of nitrogens with one attached hydrogen (secondary N) is 1. The third kappa shape index (κ3) is 4.95. The van der Waals surface area contributed by atoms with Crippen molar-refractivity contribution in [3.8, 4) is 11.3 Å². The zero-order valence-electron chi connectivity index (χ0n) is 17.4. The first-order valence-electron chi connectivity index (χ1n) is 10.2. The highest BCUT2D eigenvalue weighted by Crippen LogP contribution is 2.26. The van der Waals surface area contributed by atoms with Gasteiger partial charge in [0.2, 0.25) is 0 Å². The van der Waals surface area contributed by atoms with Gasteiger partial charge < -0.3 is 10.1 Å². The minimum Gasteiger partial charge on any atom is -0.452 e. The molecule has 1 atom stereocenters. The number of hydrogen-bond donors (Lipinski definition) is 1. The maximum Gasteiger partial charge on any atom is 0.339 e. The third-order valence-electron chi connectivity index (χ3n) is 5.09. The molecule has 1 N–H and O–H groups in total. The largest absolute Gasteiger partial charge is 0.452 e. The highest BCUT2D eigenvalue weighted by atomic mass is 35.5. The van der Waals surface area contributed by atoms with Crippen LogP contribution in [-0.2, 0) is 9.53 Å². The number of amides is 1. The molecule has 0 aliphatic rings. The second kappa shape index (κ2) is 9.62. The Hall–Kier alpha value is -3.70. The van der Waals surface area contributed by atoms with Gasteiger partial charge in [0.1, 0.15) is 0 Å². The summed E-state index contributed by atoms with van der Waals surface area (Å²) in [5.74, 6) is -0.952. The van der Waals surface area contributed by atoms with Gasteiger partial charge in [-0.25, -0.2) is 9.78 Å². The Morgan fingerprint density at radius 1 is 0.969 bits per heavy atom. The SMILES string of the molecule is C[C@@H](NC(=O)COC(=O)c1cc(-c2ccc(Cl)cc2)nc2ccccc12)c1ccccc1. The molecule has 1 amide bonds. The molecule has 0 fully saturated rings. The van der Waals surface area contributed by atoms with E-state index in [9.17, 15) is 9.59 Å². The Kier molecular flexibility index (Phi) is 6.47. The zero-order valence-corrected chi connectivity index (χ0v) is 18.2. The molecule has 0 aliphatic heterocycles. The van der Waals surface area contributed by atoms with E-state index in [1.807, 2.05) is 73.7 Å². The molecule has 160 valence electrons. The predicted molar refractivity (Wildman–Crippen MR) is 125 cm³/mol. The number of para-hydroxylation sites is 1. The molecule has 5 nitrogen and oxygen atoms in total. The van der Waals surface area contributed by atoms with Crippen molar-refractivity contribution in [3.05, 3.63) is 101 Å². The van der Waals surface area contributed by atoms with Crippen molar-refractivity contribution in [2.24, 2.45) is 0 Å². The lowest BCUT2D eigenvalue weighted by Gasteiger charge is -2.14. The molecule has 1 heterocycles. The van der Waals surface area contributed by atoms with Crippen LogP contribution in [0, 0.1) is 0 Å². The van der Waals surface area contributed by atoms with Gasteiger partial charge in [-0.3, -0.25) is 4.79 Å². The smallest absolute Gasteiger partial charge is 0.339 e. The number of ether oxygens (including phenoxy) is 1. The summed E-state index contributed by atoms with van der Waals surface area (Å²) < 4.78 is 5.34. The molecule has 4 rings (SSSR count). The van der Waals surface area contributed by atoms with Crippen LogP contribution in [0.4, 0.5) is 0 Å². The number of carbonyl (C=O) groups excluding carboxylic acids is 2. The monoisotopic (exact) mass is 444 g/mol. The molecule has 3 aromatic carbocycles. The summed E-state index contributed by atoms with van der Waals surface area (Å²) in [5.41, 5.74) is 3.43. The van der Waals surface area contributed by atoms with Gasteiger partial charge in [-0.2, -0.15) is 0 Å². The topological polar surface area (TPSA) is 68.3 Å². The number of benzene rings is 3. The summed E-state index contributed by atoms with van der Waals surface area (Å²) in [6.45, 7) is 1.51. The third-order valence-corrected chi connectivity index (χ3v) is 5.34. The van der Waals surface area contributed by atoms with Crippen LogP contribution in [0.1, 0.15) is 28.9 Å². The molecule has 0 saturated heterocycles. The Morgan fingerprint density at radius 2 is 1.66 bits per heavy atom. The molecule has 0 saturated carbocycles. The fourth-order valence-electron chi connectivity index (χ4n) is 3.43. The van der Waals surface area contributed by atoms with Crippen LogP contribution >= 0.6 is 11.6 Å². The highest BCUT2D eigenvalue weighted by molar-refractivity contribution is 6.30. The first kappa shape index (κ1) is 21.5. The van der Waals surface area contributed by atoms with E-state index in [4.69, 9.17) is 16.3 Å². The molecule has 6 heteroatoms. The Bertz CT molecular complexity index is 1260. The summed E-state index contributed by atoms with van der Waals surface area (Å²) in [4.78, 5) is 29.9. The van der Waals surface area contributed by atoms with Gasteiger partial charge in [0.25, 0.3) is 5.91 Å². The second-order valence-electron chi connectivity index (χ2n) is 7.36. The number of fused-ring (bicyclic) bond motifs is 1. The average molecular weight is 445 g/mol. The second-order valence-corrected chi connectivity index (χ2v) is 7.79. The number of nitrogens with zero attached hydrogens (tertiary/aromatic N) is 1. The van der Waals surface area contributed by atoms with Gasteiger partial charge in [-0.05, 0) is 36.8 Å². The molecule has 0 radical (unpaired) electrons. The summed E-state index contributed by atoms with van der Waals surface area (Å²) >= 11 is 5.99. The van der Waals surface area contributed by atoms with Crippen molar-refractivity contribution >= 4 is 34.4 Å². The average Bonchev–Trinajstić information content (AvgIpc) is 2.83. The lowest BCUT2D eigenvalue weighted by molar-refractivity contribution is -0.124. The van der Waals surface area contributed by atoms with Crippen LogP contribution in [0.5, 0.6) is 0 Å². The quantitative estimate of drug-likeness (QED) is 0.393. The molecule has 32 heavy (non-hydrogen) atoms. The first-order valence-corrected chi connectivity index (χ1v) is 10.6. The van der Waals surface area contributed by atoms with Crippen LogP contribution < -0.4 is 5.32 Å². The van der Waals surface area contributed by atoms with Crippen LogP contribution in [-0.4, -0.2) is 23.5 Å². The van der Waals surface area contributed by atoms with Crippen LogP contribution in [0.25, 0.3) is 22.2 Å². The van der Waals surface area contributed by atoms with Gasteiger partial charge >= 0.3 is 5.97 Å². The molecule has 0 spiro atoms. The fraction of sp³-hybridized carbons (Fsp3) is 0.115. The highest BCUT2D eigenvalue weighted by Gasteiger charge is 2.17. The van der Waals surface area contributed by atoms with E-state index in [0.717, 1.165) is 11.1 Å². The van der Waals surface area contributed by atoms with Crippen molar-refractivity contribution in [1.82, 2.24) is 10.3 Å². The Balaban J connectivity index is 1.52. The molecule has 0 aliphatic carbocycles. The first-order chi connectivity index (χ1) is 15.5. The van der Waals surface area contributed by atoms with E-state index >= 15 is 0 Å². The van der Waals surface area contributed by atoms with E-state index in [1.54, 1.807) is 18.2 Å². The fourth-order valence-corrected chi connectivity index (χ4v) is 3.56. The van der Waals surface area contributed by atoms with Gasteiger partial charge in [0.05, 0.1) is 22.8 Å². The Labute approximate surface area is 191 Å². The molecular formula is C26H21ClN2O3. The molecule has 0 bridgehead atoms. The van der Waals surface area contributed by atoms with Gasteiger partial charge in [0.15, 0.2) is 6.61 Å². The normalized spacial score (nSPS) is 11.7. The van der Waals surface area contributed by atoms with E-state index in [1.165, 1.54) is 0 Å². The van der Waals surface area contributed by atoms with Crippen molar-refractivity contribution in [2.75, 3.05) is 6.61 Å². The van der Waals surface area contributed by atoms with Crippen molar-refractivity contribution < 1.29 is 14.3 Å². The molecule has 4 aromatic rings. The standard InChI is InChI=1S/C26H21ClN2O3/c1-17(18-7-3-2-4-8-18)28-25(30)16-32-26(31)22-15-24(19-11-13-20(27)14-12-19)29-23-10-6-5-9-21(22)23/h2-15,17H,16H2,1H3,(H,28,30)/t17-/m1/s1. The summed E-state index contributed by atoms with van der Waals surface area (Å²) in [5, 5.41) is 4.12. The summed E-state index contributed by atoms with van der Waals surface area (Å²) in [6.07, 6.45) is 0. The van der Waals surface area contributed by atoms with E-state index in [-0.39, 0.29) is 18.6 Å². The predicted octanol–water partition coefficient (Wildman–Crippen LogP) is 5.59. The van der Waals surface area contributed by atoms with Crippen LogP contribution in [0.2, 0.25) is 5.02 Å². The number of hydrogen-bond acceptors (Lipinski definition) is 4. The van der Waals surface area contributed by atoms with E-state index < -0.39 is 5.97 Å². The van der Waals surface area contributed by atoms with Crippen LogP contribution in [0.3, 0.4) is 0 Å². The number of aromatic nitrogens is 1. The zero-order chi connectivity index (χ0) is 22.5. The number of esters is 1. The summed E-state index contributed by atoms with van der Waals surface area (Å²) in [7, 11) is 0. The summed E-state index contributed by atoms with van der Waals surface area (Å²) in [6, 6.07) is 25.6. The number of halogens is 1. The van der Waals surface area contributed by atoms with Crippen molar-refractivity contribution in [3.63, 3.8) is 0 Å². The van der Waals surface area contributed by atoms with Gasteiger partial charge in [0, 0.05) is 16.0 Å². The maximum absolute atomic E-state index is 12.9. The van der Waals surface area contributed by atoms with Gasteiger partial charge in [-0.1, -0.05) is 72.3 Å². The lowest BCUT2D eigenvalue weighted by Crippen LogP contribution is -2.31. The molecule has 0 unspecified atom stereocenters. The number of pyridine rings is 1. The number of rotatable bonds is 6. The van der Waals surface area contributed by atoms with Crippen molar-refractivity contribution in [2.45, 2.75) is 13.0 Å². The minimum atomic E-state index is -0.582. The van der Waals surface area contributed by atoms with Crippen molar-refractivity contribution in [1.29, 1.82) is 0 Å². The lowest BCUT2D eigenvalue weighted by atomic mass is 10.0. The molecule has 1 aromatic heterocycles. The Morgan fingerprint density at radius 3 is 2.41 bits per heavy atom.